The molecule has 0 atom stereocenters. The quantitative estimate of drug-likeness (QED) is 0.397. The van der Waals surface area contributed by atoms with E-state index < -0.39 is 35.9 Å². The lowest BCUT2D eigenvalue weighted by molar-refractivity contribution is -0.308. The molecule has 2 saturated heterocycles. The maximum atomic E-state index is 12.8. The largest absolute Gasteiger partial charge is 0.480 e. The molecule has 2 heterocycles. The molecule has 2 fully saturated rings. The van der Waals surface area contributed by atoms with Gasteiger partial charge in [0, 0.05) is 30.7 Å². The minimum Gasteiger partial charge on any atom is -0.480 e. The topological polar surface area (TPSA) is 70.1 Å². The van der Waals surface area contributed by atoms with Gasteiger partial charge >= 0.3 is 24.4 Å². The Morgan fingerprint density at radius 3 is 2.21 bits per heavy atom. The SMILES string of the molecule is Cc1ccc(CN2CCCC23CCN(C(=O)OC(C(F)(F)F)C(F)(F)F)CC3)c(C#CC(C)(C)C(=O)O)c1. The van der Waals surface area contributed by atoms with Gasteiger partial charge in [0.1, 0.15) is 5.41 Å². The van der Waals surface area contributed by atoms with E-state index in [4.69, 9.17) is 0 Å². The molecule has 0 aromatic heterocycles. The van der Waals surface area contributed by atoms with Crippen LogP contribution in [-0.4, -0.2) is 70.6 Å². The van der Waals surface area contributed by atoms with Crippen molar-refractivity contribution in [3.05, 3.63) is 34.9 Å². The van der Waals surface area contributed by atoms with E-state index in [1.807, 2.05) is 25.1 Å². The van der Waals surface area contributed by atoms with Crippen LogP contribution >= 0.6 is 0 Å². The molecule has 0 unspecified atom stereocenters. The predicted molar refractivity (Wildman–Crippen MR) is 125 cm³/mol. The van der Waals surface area contributed by atoms with Gasteiger partial charge in [-0.15, -0.1) is 0 Å². The number of ether oxygens (including phenoxy) is 1. The first kappa shape index (κ1) is 29.6. The van der Waals surface area contributed by atoms with Crippen molar-refractivity contribution in [3.8, 4) is 11.8 Å². The van der Waals surface area contributed by atoms with Crippen LogP contribution in [0.15, 0.2) is 18.2 Å². The van der Waals surface area contributed by atoms with Crippen LogP contribution in [0.2, 0.25) is 0 Å². The highest BCUT2D eigenvalue weighted by Gasteiger charge is 2.60. The molecule has 0 aliphatic carbocycles. The van der Waals surface area contributed by atoms with Gasteiger partial charge in [-0.05, 0) is 70.2 Å². The third-order valence-corrected chi connectivity index (χ3v) is 7.18. The zero-order valence-electron chi connectivity index (χ0n) is 21.3. The van der Waals surface area contributed by atoms with E-state index in [1.54, 1.807) is 0 Å². The summed E-state index contributed by atoms with van der Waals surface area (Å²) >= 11 is 0. The number of rotatable bonds is 4. The Balaban J connectivity index is 1.73. The van der Waals surface area contributed by atoms with E-state index in [1.165, 1.54) is 13.8 Å². The third kappa shape index (κ3) is 6.73. The molecular formula is C26H30F6N2O4. The lowest BCUT2D eigenvalue weighted by atomic mass is 9.84. The van der Waals surface area contributed by atoms with Gasteiger partial charge in [0.25, 0.3) is 6.10 Å². The van der Waals surface area contributed by atoms with Crippen LogP contribution < -0.4 is 0 Å². The fraction of sp³-hybridized carbons (Fsp3) is 0.615. The van der Waals surface area contributed by atoms with E-state index in [2.05, 4.69) is 21.5 Å². The number of benzene rings is 1. The molecule has 1 amide bonds. The van der Waals surface area contributed by atoms with Gasteiger partial charge in [-0.25, -0.2) is 4.79 Å². The van der Waals surface area contributed by atoms with Crippen molar-refractivity contribution in [1.29, 1.82) is 0 Å². The molecule has 1 aromatic carbocycles. The monoisotopic (exact) mass is 548 g/mol. The number of hydrogen-bond acceptors (Lipinski definition) is 4. The highest BCUT2D eigenvalue weighted by Crippen LogP contribution is 2.41. The summed E-state index contributed by atoms with van der Waals surface area (Å²) in [5.74, 6) is 4.76. The number of likely N-dealkylation sites (tertiary alicyclic amines) is 2. The number of aliphatic carboxylic acids is 1. The van der Waals surface area contributed by atoms with Crippen molar-refractivity contribution in [2.75, 3.05) is 19.6 Å². The molecule has 0 bridgehead atoms. The van der Waals surface area contributed by atoms with Crippen molar-refractivity contribution >= 4 is 12.1 Å². The summed E-state index contributed by atoms with van der Waals surface area (Å²) in [6.45, 7) is 6.04. The Morgan fingerprint density at radius 2 is 1.66 bits per heavy atom. The lowest BCUT2D eigenvalue weighted by Gasteiger charge is -2.45. The summed E-state index contributed by atoms with van der Waals surface area (Å²) in [5, 5.41) is 9.37. The predicted octanol–water partition coefficient (Wildman–Crippen LogP) is 5.52. The standard InChI is InChI=1S/C26H30F6N2O4/c1-17-5-6-19(18(15-17)7-9-23(2,3)21(35)36)16-34-12-4-8-24(34)10-13-33(14-11-24)22(37)38-20(25(27,28)29)26(30,31)32/h5-6,15,20H,4,8,10-14,16H2,1-3H3,(H,35,36). The fourth-order valence-corrected chi connectivity index (χ4v) is 4.83. The molecule has 2 aliphatic rings. The zero-order chi connectivity index (χ0) is 28.5. The Kier molecular flexibility index (Phi) is 8.32. The summed E-state index contributed by atoms with van der Waals surface area (Å²) in [4.78, 5) is 26.7. The van der Waals surface area contributed by atoms with Crippen molar-refractivity contribution in [3.63, 3.8) is 0 Å². The second-order valence-electron chi connectivity index (χ2n) is 10.4. The number of carbonyl (C=O) groups excluding carboxylic acids is 1. The number of amides is 1. The summed E-state index contributed by atoms with van der Waals surface area (Å²) in [6.07, 6.45) is -15.0. The number of aryl methyl sites for hydroxylation is 1. The first-order valence-electron chi connectivity index (χ1n) is 12.1. The summed E-state index contributed by atoms with van der Waals surface area (Å²) < 4.78 is 80.6. The molecule has 6 nitrogen and oxygen atoms in total. The van der Waals surface area contributed by atoms with Crippen molar-refractivity contribution in [2.45, 2.75) is 77.0 Å². The second kappa shape index (κ2) is 10.7. The van der Waals surface area contributed by atoms with Crippen molar-refractivity contribution in [2.24, 2.45) is 5.41 Å². The van der Waals surface area contributed by atoms with Crippen LogP contribution in [-0.2, 0) is 16.1 Å². The average Bonchev–Trinajstić information content (AvgIpc) is 3.17. The summed E-state index contributed by atoms with van der Waals surface area (Å²) in [7, 11) is 0. The number of carboxylic acids is 1. The number of hydrogen-bond donors (Lipinski definition) is 1. The molecule has 1 N–H and O–H groups in total. The van der Waals surface area contributed by atoms with Gasteiger partial charge in [-0.1, -0.05) is 24.0 Å². The van der Waals surface area contributed by atoms with Gasteiger partial charge in [0.15, 0.2) is 0 Å². The molecular weight excluding hydrogens is 518 g/mol. The smallest absolute Gasteiger partial charge is 0.434 e. The fourth-order valence-electron chi connectivity index (χ4n) is 4.83. The Hall–Kier alpha value is -2.94. The van der Waals surface area contributed by atoms with Crippen molar-refractivity contribution < 1.29 is 45.8 Å². The first-order valence-corrected chi connectivity index (χ1v) is 12.1. The Morgan fingerprint density at radius 1 is 1.05 bits per heavy atom. The maximum absolute atomic E-state index is 12.8. The van der Waals surface area contributed by atoms with Crippen LogP contribution in [0.25, 0.3) is 0 Å². The average molecular weight is 549 g/mol. The van der Waals surface area contributed by atoms with Gasteiger partial charge in [-0.2, -0.15) is 26.3 Å². The molecule has 0 radical (unpaired) electrons. The highest BCUT2D eigenvalue weighted by atomic mass is 19.4. The molecule has 3 rings (SSSR count). The van der Waals surface area contributed by atoms with Gasteiger partial charge in [-0.3, -0.25) is 9.69 Å². The van der Waals surface area contributed by atoms with E-state index in [-0.39, 0.29) is 18.6 Å². The van der Waals surface area contributed by atoms with E-state index >= 15 is 0 Å². The molecule has 12 heteroatoms. The van der Waals surface area contributed by atoms with Crippen LogP contribution in [0.4, 0.5) is 31.1 Å². The molecule has 210 valence electrons. The van der Waals surface area contributed by atoms with Crippen LogP contribution in [0.5, 0.6) is 0 Å². The minimum atomic E-state index is -5.76. The van der Waals surface area contributed by atoms with E-state index in [9.17, 15) is 41.0 Å². The number of nitrogens with zero attached hydrogens (tertiary/aromatic N) is 2. The second-order valence-corrected chi connectivity index (χ2v) is 10.4. The van der Waals surface area contributed by atoms with E-state index in [0.717, 1.165) is 35.4 Å². The summed E-state index contributed by atoms with van der Waals surface area (Å²) in [6, 6.07) is 5.71. The Labute approximate surface area is 216 Å². The number of halogens is 6. The normalized spacial score (nSPS) is 18.4. The molecule has 0 saturated carbocycles. The lowest BCUT2D eigenvalue weighted by Crippen LogP contribution is -2.54. The molecule has 1 aromatic rings. The number of carboxylic acid groups (broad SMARTS) is 1. The third-order valence-electron chi connectivity index (χ3n) is 7.18. The number of piperidine rings is 1. The molecule has 1 spiro atoms. The highest BCUT2D eigenvalue weighted by molar-refractivity contribution is 5.77. The first-order chi connectivity index (χ1) is 17.4. The zero-order valence-corrected chi connectivity index (χ0v) is 21.3. The number of alkyl halides is 6. The van der Waals surface area contributed by atoms with Crippen LogP contribution in [0.1, 0.15) is 56.2 Å². The maximum Gasteiger partial charge on any atom is 0.434 e. The minimum absolute atomic E-state index is 0.0366. The Bertz CT molecular complexity index is 1100. The van der Waals surface area contributed by atoms with Gasteiger partial charge < -0.3 is 14.7 Å². The van der Waals surface area contributed by atoms with Gasteiger partial charge in [0.2, 0.25) is 0 Å². The van der Waals surface area contributed by atoms with Crippen LogP contribution in [0.3, 0.4) is 0 Å². The van der Waals surface area contributed by atoms with Crippen molar-refractivity contribution in [1.82, 2.24) is 9.80 Å². The van der Waals surface area contributed by atoms with Crippen LogP contribution in [0, 0.1) is 24.2 Å². The number of carbonyl (C=O) groups is 2. The van der Waals surface area contributed by atoms with Gasteiger partial charge in [0.05, 0.1) is 0 Å². The summed E-state index contributed by atoms with van der Waals surface area (Å²) in [5.41, 5.74) is 0.901. The van der Waals surface area contributed by atoms with E-state index in [0.29, 0.717) is 24.9 Å². The molecule has 38 heavy (non-hydrogen) atoms. The molecule has 2 aliphatic heterocycles.